The molecule has 0 fully saturated rings. The molecule has 1 heterocycles. The zero-order chi connectivity index (χ0) is 22.2. The van der Waals surface area contributed by atoms with E-state index in [1.165, 1.54) is 7.11 Å². The quantitative estimate of drug-likeness (QED) is 0.672. The molecular weight excluding hydrogens is 406 g/mol. The normalized spacial score (nSPS) is 23.0. The van der Waals surface area contributed by atoms with Crippen LogP contribution in [0.2, 0.25) is 5.02 Å². The van der Waals surface area contributed by atoms with Gasteiger partial charge in [-0.2, -0.15) is 0 Å². The van der Waals surface area contributed by atoms with Crippen molar-refractivity contribution in [1.82, 2.24) is 0 Å². The second-order valence-corrected chi connectivity index (χ2v) is 9.14. The van der Waals surface area contributed by atoms with Crippen molar-refractivity contribution >= 4 is 29.1 Å². The van der Waals surface area contributed by atoms with Gasteiger partial charge in [-0.1, -0.05) is 32.4 Å². The second-order valence-electron chi connectivity index (χ2n) is 8.73. The highest BCUT2D eigenvalue weighted by Gasteiger charge is 2.46. The lowest BCUT2D eigenvalue weighted by Crippen LogP contribution is -2.39. The Balaban J connectivity index is 2.20. The molecular formula is C23H28ClNO5. The Kier molecular flexibility index (Phi) is 6.27. The van der Waals surface area contributed by atoms with E-state index in [1.807, 2.05) is 20.8 Å². The van der Waals surface area contributed by atoms with Gasteiger partial charge < -0.3 is 14.6 Å². The minimum absolute atomic E-state index is 0.0287. The number of allylic oxidation sites excluding steroid dienone is 2. The van der Waals surface area contributed by atoms with Gasteiger partial charge in [-0.15, -0.1) is 0 Å². The maximum atomic E-state index is 13.2. The number of phenolic OH excluding ortho intramolecular Hbond substituents is 1. The van der Waals surface area contributed by atoms with Gasteiger partial charge in [-0.3, -0.25) is 14.6 Å². The van der Waals surface area contributed by atoms with E-state index in [9.17, 15) is 14.7 Å². The number of halogens is 1. The molecule has 0 radical (unpaired) electrons. The van der Waals surface area contributed by atoms with Crippen molar-refractivity contribution in [2.75, 3.05) is 13.7 Å². The van der Waals surface area contributed by atoms with Gasteiger partial charge in [0.2, 0.25) is 0 Å². The van der Waals surface area contributed by atoms with Gasteiger partial charge in [0.1, 0.15) is 5.92 Å². The molecule has 2 atom stereocenters. The highest BCUT2D eigenvalue weighted by molar-refractivity contribution is 6.32. The first kappa shape index (κ1) is 22.3. The number of benzene rings is 1. The zero-order valence-corrected chi connectivity index (χ0v) is 18.8. The molecule has 0 saturated heterocycles. The fraction of sp³-hybridized carbons (Fsp3) is 0.522. The number of aromatic hydroxyl groups is 1. The van der Waals surface area contributed by atoms with Crippen LogP contribution in [-0.4, -0.2) is 36.3 Å². The molecule has 0 saturated carbocycles. The van der Waals surface area contributed by atoms with Crippen LogP contribution in [0.1, 0.15) is 58.4 Å². The highest BCUT2D eigenvalue weighted by atomic mass is 35.5. The number of hydrogen-bond donors (Lipinski definition) is 1. The average molecular weight is 434 g/mol. The molecule has 1 N–H and O–H groups in total. The van der Waals surface area contributed by atoms with Gasteiger partial charge in [-0.25, -0.2) is 0 Å². The Labute approximate surface area is 181 Å². The minimum atomic E-state index is -0.745. The predicted octanol–water partition coefficient (Wildman–Crippen LogP) is 4.82. The largest absolute Gasteiger partial charge is 0.503 e. The second kappa shape index (κ2) is 8.42. The lowest BCUT2D eigenvalue weighted by atomic mass is 9.67. The first-order valence-corrected chi connectivity index (χ1v) is 10.5. The van der Waals surface area contributed by atoms with E-state index in [2.05, 4.69) is 4.99 Å². The average Bonchev–Trinajstić information content (AvgIpc) is 2.66. The number of carbonyl (C=O) groups excluding carboxylic acids is 2. The van der Waals surface area contributed by atoms with Gasteiger partial charge >= 0.3 is 5.97 Å². The number of carbonyl (C=O) groups is 2. The SMILES string of the molecule is CCCOC(=O)C1C(C)=NC2=C(C(=O)CC(C)(C)C2)[C@@H]1c1cc(Cl)c(O)c(OC)c1. The topological polar surface area (TPSA) is 85.2 Å². The molecule has 0 spiro atoms. The van der Waals surface area contributed by atoms with Crippen molar-refractivity contribution < 1.29 is 24.2 Å². The van der Waals surface area contributed by atoms with Crippen molar-refractivity contribution in [3.63, 3.8) is 0 Å². The van der Waals surface area contributed by atoms with Gasteiger partial charge in [0.05, 0.1) is 18.7 Å². The molecule has 162 valence electrons. The van der Waals surface area contributed by atoms with Crippen LogP contribution in [0.25, 0.3) is 0 Å². The summed E-state index contributed by atoms with van der Waals surface area (Å²) >= 11 is 6.24. The molecule has 30 heavy (non-hydrogen) atoms. The molecule has 1 aromatic rings. The maximum absolute atomic E-state index is 13.2. The number of phenols is 1. The Bertz CT molecular complexity index is 947. The summed E-state index contributed by atoms with van der Waals surface area (Å²) in [6.07, 6.45) is 1.71. The number of hydrogen-bond acceptors (Lipinski definition) is 6. The number of methoxy groups -OCH3 is 1. The Hall–Kier alpha value is -2.34. The van der Waals surface area contributed by atoms with E-state index in [1.54, 1.807) is 19.1 Å². The first-order chi connectivity index (χ1) is 14.1. The third-order valence-electron chi connectivity index (χ3n) is 5.63. The molecule has 2 aliphatic rings. The summed E-state index contributed by atoms with van der Waals surface area (Å²) in [5, 5.41) is 10.3. The number of ether oxygens (including phenoxy) is 2. The number of Topliss-reactive ketones (excluding diaryl/α,β-unsaturated/α-hetero) is 1. The van der Waals surface area contributed by atoms with Gasteiger partial charge in [0.25, 0.3) is 0 Å². The molecule has 1 unspecified atom stereocenters. The molecule has 1 aliphatic heterocycles. The third-order valence-corrected chi connectivity index (χ3v) is 5.92. The van der Waals surface area contributed by atoms with Crippen molar-refractivity contribution in [3.8, 4) is 11.5 Å². The van der Waals surface area contributed by atoms with Crippen molar-refractivity contribution in [1.29, 1.82) is 0 Å². The number of rotatable bonds is 5. The van der Waals surface area contributed by atoms with Crippen molar-refractivity contribution in [3.05, 3.63) is 34.0 Å². The molecule has 7 heteroatoms. The van der Waals surface area contributed by atoms with Gasteiger partial charge in [0.15, 0.2) is 17.3 Å². The summed E-state index contributed by atoms with van der Waals surface area (Å²) < 4.78 is 10.7. The van der Waals surface area contributed by atoms with Crippen molar-refractivity contribution in [2.45, 2.75) is 52.9 Å². The van der Waals surface area contributed by atoms with Crippen LogP contribution in [0.4, 0.5) is 0 Å². The maximum Gasteiger partial charge on any atom is 0.315 e. The van der Waals surface area contributed by atoms with Crippen LogP contribution in [-0.2, 0) is 14.3 Å². The third kappa shape index (κ3) is 4.10. The number of aliphatic imine (C=N–C) groups is 1. The van der Waals surface area contributed by atoms with E-state index < -0.39 is 17.8 Å². The molecule has 1 aliphatic carbocycles. The van der Waals surface area contributed by atoms with Crippen molar-refractivity contribution in [2.24, 2.45) is 16.3 Å². The number of ketones is 1. The van der Waals surface area contributed by atoms with E-state index in [4.69, 9.17) is 21.1 Å². The first-order valence-electron chi connectivity index (χ1n) is 10.1. The molecule has 3 rings (SSSR count). The summed E-state index contributed by atoms with van der Waals surface area (Å²) in [5.41, 5.74) is 2.25. The lowest BCUT2D eigenvalue weighted by molar-refractivity contribution is -0.146. The summed E-state index contributed by atoms with van der Waals surface area (Å²) in [4.78, 5) is 30.9. The predicted molar refractivity (Wildman–Crippen MR) is 115 cm³/mol. The molecule has 0 amide bonds. The lowest BCUT2D eigenvalue weighted by Gasteiger charge is -2.39. The van der Waals surface area contributed by atoms with Crippen LogP contribution in [0, 0.1) is 11.3 Å². The van der Waals surface area contributed by atoms with E-state index in [0.29, 0.717) is 48.4 Å². The van der Waals surface area contributed by atoms with Gasteiger partial charge in [0, 0.05) is 29.3 Å². The number of esters is 1. The Morgan fingerprint density at radius 1 is 1.33 bits per heavy atom. The van der Waals surface area contributed by atoms with Gasteiger partial charge in [-0.05, 0) is 42.9 Å². The molecule has 6 nitrogen and oxygen atoms in total. The van der Waals surface area contributed by atoms with E-state index >= 15 is 0 Å². The summed E-state index contributed by atoms with van der Waals surface area (Å²) in [6, 6.07) is 3.21. The molecule has 0 bridgehead atoms. The van der Waals surface area contributed by atoms with Crippen LogP contribution >= 0.6 is 11.6 Å². The summed E-state index contributed by atoms with van der Waals surface area (Å²) in [7, 11) is 1.43. The summed E-state index contributed by atoms with van der Waals surface area (Å²) in [6.45, 7) is 8.08. The number of nitrogens with zero attached hydrogens (tertiary/aromatic N) is 1. The van der Waals surface area contributed by atoms with Crippen LogP contribution < -0.4 is 4.74 Å². The molecule has 0 aromatic heterocycles. The summed E-state index contributed by atoms with van der Waals surface area (Å²) in [5.74, 6) is -1.79. The smallest absolute Gasteiger partial charge is 0.315 e. The fourth-order valence-corrected chi connectivity index (χ4v) is 4.55. The zero-order valence-electron chi connectivity index (χ0n) is 18.0. The molecule has 1 aromatic carbocycles. The highest BCUT2D eigenvalue weighted by Crippen LogP contribution is 2.49. The van der Waals surface area contributed by atoms with E-state index in [-0.39, 0.29) is 27.7 Å². The van der Waals surface area contributed by atoms with Crippen LogP contribution in [0.5, 0.6) is 11.5 Å². The fourth-order valence-electron chi connectivity index (χ4n) is 4.33. The standard InChI is InChI=1S/C23H28ClNO5/c1-6-7-30-22(28)18-12(2)25-15-10-23(3,4)11-16(26)20(15)19(18)13-8-14(24)21(27)17(9-13)29-5/h8-9,18-19,27H,6-7,10-11H2,1-5H3/t18?,19-/m1/s1. The van der Waals surface area contributed by atoms with E-state index in [0.717, 1.165) is 0 Å². The Morgan fingerprint density at radius 3 is 2.67 bits per heavy atom. The minimum Gasteiger partial charge on any atom is -0.503 e. The Morgan fingerprint density at radius 2 is 2.03 bits per heavy atom. The van der Waals surface area contributed by atoms with Crippen LogP contribution in [0.15, 0.2) is 28.4 Å². The monoisotopic (exact) mass is 433 g/mol. The van der Waals surface area contributed by atoms with Crippen LogP contribution in [0.3, 0.4) is 0 Å².